The van der Waals surface area contributed by atoms with Crippen LogP contribution in [-0.2, 0) is 6.61 Å². The maximum atomic E-state index is 5.84. The molecule has 0 atom stereocenters. The van der Waals surface area contributed by atoms with E-state index < -0.39 is 0 Å². The molecule has 2 rings (SSSR count). The van der Waals surface area contributed by atoms with Crippen molar-refractivity contribution in [2.75, 3.05) is 0 Å². The fourth-order valence-electron chi connectivity index (χ4n) is 1.24. The number of nitrogens with zero attached hydrogens (tertiary/aromatic N) is 1. The summed E-state index contributed by atoms with van der Waals surface area (Å²) in [6.45, 7) is 0.376. The molecule has 0 amide bonds. The minimum atomic E-state index is 0.376. The van der Waals surface area contributed by atoms with Gasteiger partial charge in [0.25, 0.3) is 0 Å². The molecule has 0 radical (unpaired) electrons. The van der Waals surface area contributed by atoms with E-state index in [4.69, 9.17) is 27.9 Å². The van der Waals surface area contributed by atoms with Crippen molar-refractivity contribution < 1.29 is 4.74 Å². The molecule has 0 saturated heterocycles. The van der Waals surface area contributed by atoms with E-state index in [1.54, 1.807) is 30.5 Å². The molecule has 0 bridgehead atoms. The van der Waals surface area contributed by atoms with Gasteiger partial charge in [0.1, 0.15) is 12.4 Å². The molecule has 0 saturated carbocycles. The van der Waals surface area contributed by atoms with Crippen molar-refractivity contribution >= 4 is 23.2 Å². The lowest BCUT2D eigenvalue weighted by Crippen LogP contribution is -1.97. The van der Waals surface area contributed by atoms with Crippen LogP contribution < -0.4 is 4.74 Å². The molecule has 0 N–H and O–H groups in total. The summed E-state index contributed by atoms with van der Waals surface area (Å²) >= 11 is 11.7. The van der Waals surface area contributed by atoms with Crippen LogP contribution in [0.3, 0.4) is 0 Å². The molecular formula is C12H9Cl2NO. The molecule has 1 heterocycles. The SMILES string of the molecule is Clc1cccc(OCc2cc(Cl)ccn2)c1. The first-order chi connectivity index (χ1) is 7.74. The monoisotopic (exact) mass is 253 g/mol. The zero-order valence-corrected chi connectivity index (χ0v) is 9.87. The van der Waals surface area contributed by atoms with Crippen LogP contribution in [0.1, 0.15) is 5.69 Å². The summed E-state index contributed by atoms with van der Waals surface area (Å²) in [6.07, 6.45) is 1.65. The second kappa shape index (κ2) is 5.19. The lowest BCUT2D eigenvalue weighted by molar-refractivity contribution is 0.301. The molecule has 1 aromatic heterocycles. The Morgan fingerprint density at radius 1 is 1.06 bits per heavy atom. The Bertz CT molecular complexity index is 442. The summed E-state index contributed by atoms with van der Waals surface area (Å²) in [4.78, 5) is 4.13. The van der Waals surface area contributed by atoms with Gasteiger partial charge in [0.2, 0.25) is 0 Å². The first kappa shape index (κ1) is 11.2. The molecule has 16 heavy (non-hydrogen) atoms. The summed E-state index contributed by atoms with van der Waals surface area (Å²) in [5.74, 6) is 0.717. The van der Waals surface area contributed by atoms with E-state index in [9.17, 15) is 0 Å². The number of rotatable bonds is 3. The van der Waals surface area contributed by atoms with E-state index in [1.165, 1.54) is 0 Å². The predicted octanol–water partition coefficient (Wildman–Crippen LogP) is 3.97. The summed E-state index contributed by atoms with van der Waals surface area (Å²) in [5, 5.41) is 1.30. The minimum absolute atomic E-state index is 0.376. The van der Waals surface area contributed by atoms with Crippen molar-refractivity contribution in [2.45, 2.75) is 6.61 Å². The van der Waals surface area contributed by atoms with Crippen molar-refractivity contribution in [3.63, 3.8) is 0 Å². The van der Waals surface area contributed by atoms with Gasteiger partial charge in [-0.3, -0.25) is 4.98 Å². The molecule has 0 unspecified atom stereocenters. The highest BCUT2D eigenvalue weighted by molar-refractivity contribution is 6.30. The Morgan fingerprint density at radius 2 is 1.88 bits per heavy atom. The molecule has 0 aliphatic heterocycles. The molecule has 0 fully saturated rings. The largest absolute Gasteiger partial charge is 0.487 e. The molecule has 2 nitrogen and oxygen atoms in total. The van der Waals surface area contributed by atoms with Crippen molar-refractivity contribution in [1.29, 1.82) is 0 Å². The minimum Gasteiger partial charge on any atom is -0.487 e. The average molecular weight is 254 g/mol. The van der Waals surface area contributed by atoms with Crippen LogP contribution >= 0.6 is 23.2 Å². The van der Waals surface area contributed by atoms with Gasteiger partial charge in [0, 0.05) is 16.2 Å². The van der Waals surface area contributed by atoms with Crippen LogP contribution in [0.5, 0.6) is 5.75 Å². The van der Waals surface area contributed by atoms with Crippen LogP contribution in [-0.4, -0.2) is 4.98 Å². The van der Waals surface area contributed by atoms with Crippen LogP contribution in [0.15, 0.2) is 42.6 Å². The average Bonchev–Trinajstić information content (AvgIpc) is 2.27. The van der Waals surface area contributed by atoms with Gasteiger partial charge < -0.3 is 4.74 Å². The van der Waals surface area contributed by atoms with E-state index in [0.717, 1.165) is 5.69 Å². The van der Waals surface area contributed by atoms with Crippen molar-refractivity contribution in [1.82, 2.24) is 4.98 Å². The third-order valence-corrected chi connectivity index (χ3v) is 2.43. The van der Waals surface area contributed by atoms with Gasteiger partial charge in [0.15, 0.2) is 0 Å². The van der Waals surface area contributed by atoms with E-state index in [1.807, 2.05) is 12.1 Å². The standard InChI is InChI=1S/C12H9Cl2NO/c13-9-2-1-3-12(7-9)16-8-11-6-10(14)4-5-15-11/h1-7H,8H2. The summed E-state index contributed by atoms with van der Waals surface area (Å²) in [7, 11) is 0. The Hall–Kier alpha value is -1.25. The lowest BCUT2D eigenvalue weighted by atomic mass is 10.3. The zero-order valence-electron chi connectivity index (χ0n) is 8.36. The molecule has 4 heteroatoms. The maximum Gasteiger partial charge on any atom is 0.130 e. The Labute approximate surface area is 104 Å². The number of benzene rings is 1. The van der Waals surface area contributed by atoms with E-state index >= 15 is 0 Å². The number of hydrogen-bond acceptors (Lipinski definition) is 2. The highest BCUT2D eigenvalue weighted by atomic mass is 35.5. The normalized spacial score (nSPS) is 10.1. The molecule has 0 spiro atoms. The van der Waals surface area contributed by atoms with Crippen LogP contribution in [0, 0.1) is 0 Å². The first-order valence-electron chi connectivity index (χ1n) is 4.73. The molecular weight excluding hydrogens is 245 g/mol. The second-order valence-corrected chi connectivity index (χ2v) is 4.08. The van der Waals surface area contributed by atoms with Gasteiger partial charge in [-0.15, -0.1) is 0 Å². The first-order valence-corrected chi connectivity index (χ1v) is 5.48. The van der Waals surface area contributed by atoms with Gasteiger partial charge in [0.05, 0.1) is 5.69 Å². The van der Waals surface area contributed by atoms with Gasteiger partial charge in [-0.05, 0) is 30.3 Å². The molecule has 1 aromatic carbocycles. The predicted molar refractivity (Wildman–Crippen MR) is 65.0 cm³/mol. The molecule has 0 aliphatic carbocycles. The van der Waals surface area contributed by atoms with Crippen LogP contribution in [0.4, 0.5) is 0 Å². The number of pyridine rings is 1. The fraction of sp³-hybridized carbons (Fsp3) is 0.0833. The fourth-order valence-corrected chi connectivity index (χ4v) is 1.60. The Kier molecular flexibility index (Phi) is 3.65. The summed E-state index contributed by atoms with van der Waals surface area (Å²) in [5.41, 5.74) is 0.785. The van der Waals surface area contributed by atoms with E-state index in [0.29, 0.717) is 22.4 Å². The number of aromatic nitrogens is 1. The Morgan fingerprint density at radius 3 is 2.62 bits per heavy atom. The van der Waals surface area contributed by atoms with Crippen LogP contribution in [0.2, 0.25) is 10.0 Å². The lowest BCUT2D eigenvalue weighted by Gasteiger charge is -2.05. The third kappa shape index (κ3) is 3.12. The number of hydrogen-bond donors (Lipinski definition) is 0. The van der Waals surface area contributed by atoms with Gasteiger partial charge in [-0.1, -0.05) is 29.3 Å². The molecule has 0 aliphatic rings. The van der Waals surface area contributed by atoms with Gasteiger partial charge >= 0.3 is 0 Å². The molecule has 82 valence electrons. The summed E-state index contributed by atoms with van der Waals surface area (Å²) < 4.78 is 5.52. The van der Waals surface area contributed by atoms with Crippen molar-refractivity contribution in [2.24, 2.45) is 0 Å². The van der Waals surface area contributed by atoms with Crippen molar-refractivity contribution in [3.8, 4) is 5.75 Å². The van der Waals surface area contributed by atoms with Gasteiger partial charge in [-0.2, -0.15) is 0 Å². The Balaban J connectivity index is 2.02. The molecule has 2 aromatic rings. The van der Waals surface area contributed by atoms with Crippen molar-refractivity contribution in [3.05, 3.63) is 58.3 Å². The number of halogens is 2. The smallest absolute Gasteiger partial charge is 0.130 e. The van der Waals surface area contributed by atoms with Gasteiger partial charge in [-0.25, -0.2) is 0 Å². The summed E-state index contributed by atoms with van der Waals surface area (Å²) in [6, 6.07) is 10.7. The zero-order chi connectivity index (χ0) is 11.4. The highest BCUT2D eigenvalue weighted by Gasteiger charge is 1.98. The quantitative estimate of drug-likeness (QED) is 0.826. The third-order valence-electron chi connectivity index (χ3n) is 1.96. The van der Waals surface area contributed by atoms with Crippen LogP contribution in [0.25, 0.3) is 0 Å². The van der Waals surface area contributed by atoms with E-state index in [-0.39, 0.29) is 0 Å². The topological polar surface area (TPSA) is 22.1 Å². The second-order valence-electron chi connectivity index (χ2n) is 3.21. The maximum absolute atomic E-state index is 5.84. The number of ether oxygens (including phenoxy) is 1. The van der Waals surface area contributed by atoms with E-state index in [2.05, 4.69) is 4.98 Å². The highest BCUT2D eigenvalue weighted by Crippen LogP contribution is 2.18.